The summed E-state index contributed by atoms with van der Waals surface area (Å²) < 4.78 is 22.7. The number of rotatable bonds is 10. The highest BCUT2D eigenvalue weighted by Gasteiger charge is 2.25. The molecule has 1 aliphatic carbocycles. The minimum atomic E-state index is -0.557. The first-order valence-electron chi connectivity index (χ1n) is 14.2. The van der Waals surface area contributed by atoms with E-state index in [0.29, 0.717) is 31.4 Å². The third kappa shape index (κ3) is 7.48. The molecule has 0 atom stereocenters. The number of furan rings is 1. The molecule has 0 saturated heterocycles. The number of alkyl carbamates (subject to hydrolysis) is 1. The van der Waals surface area contributed by atoms with Crippen molar-refractivity contribution in [3.63, 3.8) is 0 Å². The van der Waals surface area contributed by atoms with Crippen molar-refractivity contribution in [3.05, 3.63) is 89.2 Å². The SMILES string of the molecule is CCOC(=O)Cc1cc(C2CC2)ccc1OCc1cc(-c2cccc(CNC(=O)OC(C)(C)C)c2)c2occc2c1. The van der Waals surface area contributed by atoms with E-state index in [4.69, 9.17) is 18.6 Å². The van der Waals surface area contributed by atoms with Gasteiger partial charge in [-0.05, 0) is 99.0 Å². The lowest BCUT2D eigenvalue weighted by atomic mass is 9.99. The van der Waals surface area contributed by atoms with Crippen LogP contribution in [0.5, 0.6) is 5.75 Å². The average Bonchev–Trinajstić information content (AvgIpc) is 3.67. The Morgan fingerprint density at radius 2 is 1.83 bits per heavy atom. The number of carbonyl (C=O) groups is 2. The van der Waals surface area contributed by atoms with Crippen molar-refractivity contribution in [3.8, 4) is 16.9 Å². The summed E-state index contributed by atoms with van der Waals surface area (Å²) in [4.78, 5) is 24.5. The molecule has 0 bridgehead atoms. The van der Waals surface area contributed by atoms with E-state index >= 15 is 0 Å². The molecular formula is C34H37NO6. The fourth-order valence-corrected chi connectivity index (χ4v) is 4.86. The molecule has 1 fully saturated rings. The van der Waals surface area contributed by atoms with Gasteiger partial charge in [0.15, 0.2) is 0 Å². The zero-order chi connectivity index (χ0) is 29.0. The van der Waals surface area contributed by atoms with Gasteiger partial charge in [0.1, 0.15) is 23.5 Å². The van der Waals surface area contributed by atoms with E-state index in [1.165, 1.54) is 18.4 Å². The molecule has 41 heavy (non-hydrogen) atoms. The van der Waals surface area contributed by atoms with Crippen LogP contribution in [0.25, 0.3) is 22.1 Å². The van der Waals surface area contributed by atoms with Crippen molar-refractivity contribution in [1.82, 2.24) is 5.32 Å². The van der Waals surface area contributed by atoms with Crippen molar-refractivity contribution in [2.45, 2.75) is 71.6 Å². The molecule has 1 aromatic heterocycles. The van der Waals surface area contributed by atoms with Crippen molar-refractivity contribution in [1.29, 1.82) is 0 Å². The van der Waals surface area contributed by atoms with Gasteiger partial charge in [0, 0.05) is 23.1 Å². The van der Waals surface area contributed by atoms with E-state index in [1.807, 2.05) is 64.1 Å². The van der Waals surface area contributed by atoms with Crippen molar-refractivity contribution in [2.75, 3.05) is 6.61 Å². The van der Waals surface area contributed by atoms with Gasteiger partial charge < -0.3 is 23.9 Å². The van der Waals surface area contributed by atoms with E-state index in [9.17, 15) is 9.59 Å². The Kier molecular flexibility index (Phi) is 8.34. The van der Waals surface area contributed by atoms with Crippen molar-refractivity contribution >= 4 is 23.0 Å². The van der Waals surface area contributed by atoms with Gasteiger partial charge in [0.05, 0.1) is 19.3 Å². The Labute approximate surface area is 240 Å². The highest BCUT2D eigenvalue weighted by Crippen LogP contribution is 2.41. The van der Waals surface area contributed by atoms with E-state index in [0.717, 1.165) is 38.8 Å². The summed E-state index contributed by atoms with van der Waals surface area (Å²) >= 11 is 0. The fraction of sp³-hybridized carbons (Fsp3) is 0.353. The van der Waals surface area contributed by atoms with E-state index in [2.05, 4.69) is 29.6 Å². The Balaban J connectivity index is 1.36. The molecule has 1 aliphatic rings. The Hall–Kier alpha value is -4.26. The number of nitrogens with one attached hydrogen (secondary N) is 1. The summed E-state index contributed by atoms with van der Waals surface area (Å²) in [6.45, 7) is 8.34. The van der Waals surface area contributed by atoms with Crippen LogP contribution in [0.4, 0.5) is 4.79 Å². The monoisotopic (exact) mass is 555 g/mol. The molecule has 1 saturated carbocycles. The number of esters is 1. The van der Waals surface area contributed by atoms with Crippen LogP contribution >= 0.6 is 0 Å². The summed E-state index contributed by atoms with van der Waals surface area (Å²) in [5, 5.41) is 3.79. The standard InChI is InChI=1S/C34H37NO6/c1-5-38-31(36)19-28-18-25(24-9-10-24)11-12-30(28)40-21-23-16-27-13-14-39-32(27)29(17-23)26-8-6-7-22(15-26)20-35-33(37)41-34(2,3)4/h6-8,11-18,24H,5,9-10,19-21H2,1-4H3,(H,35,37). The lowest BCUT2D eigenvalue weighted by Crippen LogP contribution is -2.32. The highest BCUT2D eigenvalue weighted by molar-refractivity contribution is 5.93. The number of hydrogen-bond donors (Lipinski definition) is 1. The zero-order valence-corrected chi connectivity index (χ0v) is 24.1. The minimum Gasteiger partial charge on any atom is -0.489 e. The molecule has 7 nitrogen and oxygen atoms in total. The van der Waals surface area contributed by atoms with Crippen LogP contribution in [0.15, 0.2) is 71.3 Å². The highest BCUT2D eigenvalue weighted by atomic mass is 16.6. The normalized spacial score (nSPS) is 13.2. The molecule has 1 amide bonds. The number of carbonyl (C=O) groups excluding carboxylic acids is 2. The third-order valence-electron chi connectivity index (χ3n) is 6.85. The predicted molar refractivity (Wildman–Crippen MR) is 158 cm³/mol. The lowest BCUT2D eigenvalue weighted by molar-refractivity contribution is -0.142. The number of benzene rings is 3. The molecule has 0 radical (unpaired) electrons. The van der Waals surface area contributed by atoms with Crippen LogP contribution in [0.3, 0.4) is 0 Å². The molecule has 0 aliphatic heterocycles. The van der Waals surface area contributed by atoms with Gasteiger partial charge in [-0.15, -0.1) is 0 Å². The first-order chi connectivity index (χ1) is 19.7. The van der Waals surface area contributed by atoms with E-state index in [1.54, 1.807) is 6.26 Å². The summed E-state index contributed by atoms with van der Waals surface area (Å²) in [5.41, 5.74) is 6.13. The molecule has 0 spiro atoms. The predicted octanol–water partition coefficient (Wildman–Crippen LogP) is 7.69. The van der Waals surface area contributed by atoms with Gasteiger partial charge in [0.25, 0.3) is 0 Å². The maximum atomic E-state index is 12.3. The molecular weight excluding hydrogens is 518 g/mol. The van der Waals surface area contributed by atoms with Gasteiger partial charge in [-0.3, -0.25) is 4.79 Å². The number of amides is 1. The van der Waals surface area contributed by atoms with E-state index < -0.39 is 11.7 Å². The second-order valence-electron chi connectivity index (χ2n) is 11.5. The maximum Gasteiger partial charge on any atom is 0.407 e. The lowest BCUT2D eigenvalue weighted by Gasteiger charge is -2.19. The van der Waals surface area contributed by atoms with Crippen molar-refractivity contribution < 1.29 is 28.2 Å². The Morgan fingerprint density at radius 3 is 2.59 bits per heavy atom. The van der Waals surface area contributed by atoms with Gasteiger partial charge in [0.2, 0.25) is 0 Å². The van der Waals surface area contributed by atoms with Gasteiger partial charge in [-0.2, -0.15) is 0 Å². The van der Waals surface area contributed by atoms with Crippen LogP contribution < -0.4 is 10.1 Å². The minimum absolute atomic E-state index is 0.180. The Morgan fingerprint density at radius 1 is 1.00 bits per heavy atom. The average molecular weight is 556 g/mol. The molecule has 0 unspecified atom stereocenters. The second-order valence-corrected chi connectivity index (χ2v) is 11.5. The number of fused-ring (bicyclic) bond motifs is 1. The molecule has 7 heteroatoms. The Bertz CT molecular complexity index is 1540. The second kappa shape index (κ2) is 12.1. The summed E-state index contributed by atoms with van der Waals surface area (Å²) in [6, 6.07) is 20.2. The van der Waals surface area contributed by atoms with Crippen LogP contribution in [0.1, 0.15) is 68.7 Å². The first kappa shape index (κ1) is 28.3. The maximum absolute atomic E-state index is 12.3. The summed E-state index contributed by atoms with van der Waals surface area (Å²) in [6.07, 6.45) is 3.78. The molecule has 1 heterocycles. The smallest absolute Gasteiger partial charge is 0.407 e. The summed E-state index contributed by atoms with van der Waals surface area (Å²) in [5.74, 6) is 1.01. The summed E-state index contributed by atoms with van der Waals surface area (Å²) in [7, 11) is 0. The first-order valence-corrected chi connectivity index (χ1v) is 14.2. The quantitative estimate of drug-likeness (QED) is 0.202. The van der Waals surface area contributed by atoms with E-state index in [-0.39, 0.29) is 12.4 Å². The molecule has 3 aromatic carbocycles. The largest absolute Gasteiger partial charge is 0.489 e. The number of hydrogen-bond acceptors (Lipinski definition) is 6. The number of ether oxygens (including phenoxy) is 3. The molecule has 4 aromatic rings. The van der Waals surface area contributed by atoms with Crippen LogP contribution in [-0.2, 0) is 33.8 Å². The van der Waals surface area contributed by atoms with Gasteiger partial charge >= 0.3 is 12.1 Å². The molecule has 5 rings (SSSR count). The zero-order valence-electron chi connectivity index (χ0n) is 24.1. The van der Waals surface area contributed by atoms with Crippen LogP contribution in [0.2, 0.25) is 0 Å². The molecule has 1 N–H and O–H groups in total. The van der Waals surface area contributed by atoms with Crippen LogP contribution in [0, 0.1) is 0 Å². The topological polar surface area (TPSA) is 87.0 Å². The molecule has 214 valence electrons. The van der Waals surface area contributed by atoms with Crippen LogP contribution in [-0.4, -0.2) is 24.3 Å². The third-order valence-corrected chi connectivity index (χ3v) is 6.85. The van der Waals surface area contributed by atoms with Crippen molar-refractivity contribution in [2.24, 2.45) is 0 Å². The van der Waals surface area contributed by atoms with Gasteiger partial charge in [-0.1, -0.05) is 30.3 Å². The van der Waals surface area contributed by atoms with Gasteiger partial charge in [-0.25, -0.2) is 4.79 Å². The fourth-order valence-electron chi connectivity index (χ4n) is 4.86.